The van der Waals surface area contributed by atoms with Crippen LogP contribution in [0.4, 0.5) is 0 Å². The van der Waals surface area contributed by atoms with Crippen LogP contribution in [0.1, 0.15) is 25.7 Å². The summed E-state index contributed by atoms with van der Waals surface area (Å²) in [6, 6.07) is 0.281. The van der Waals surface area contributed by atoms with Gasteiger partial charge in [0.25, 0.3) is 0 Å². The fourth-order valence-electron chi connectivity index (χ4n) is 6.40. The smallest absolute Gasteiger partial charge is 0.335 e. The van der Waals surface area contributed by atoms with Gasteiger partial charge in [0.1, 0.15) is 30.5 Å². The summed E-state index contributed by atoms with van der Waals surface area (Å²) in [5.41, 5.74) is -0.341. The van der Waals surface area contributed by atoms with Gasteiger partial charge in [0.15, 0.2) is 18.2 Å². The number of hydrogen-bond donors (Lipinski definition) is 4. The van der Waals surface area contributed by atoms with Crippen LogP contribution in [0.5, 0.6) is 0 Å². The van der Waals surface area contributed by atoms with Crippen LogP contribution < -0.4 is 0 Å². The number of piperidine rings is 1. The first kappa shape index (κ1) is 23.1. The van der Waals surface area contributed by atoms with E-state index >= 15 is 0 Å². The van der Waals surface area contributed by atoms with Crippen LogP contribution in [0, 0.1) is 11.3 Å². The second kappa shape index (κ2) is 8.53. The van der Waals surface area contributed by atoms with Crippen molar-refractivity contribution >= 4 is 11.8 Å². The first-order chi connectivity index (χ1) is 15.7. The van der Waals surface area contributed by atoms with Crippen LogP contribution in [0.25, 0.3) is 0 Å². The molecule has 0 aromatic rings. The summed E-state index contributed by atoms with van der Waals surface area (Å²) in [6.07, 6.45) is 0.304. The quantitative estimate of drug-likeness (QED) is 0.391. The van der Waals surface area contributed by atoms with Crippen LogP contribution >= 0.6 is 0 Å². The lowest BCUT2D eigenvalue weighted by atomic mass is 9.58. The Hall–Kier alpha value is -1.66. The Balaban J connectivity index is 1.46. The second-order valence-corrected chi connectivity index (χ2v) is 9.91. The Morgan fingerprint density at radius 3 is 2.73 bits per heavy atom. The Morgan fingerprint density at radius 2 is 1.97 bits per heavy atom. The molecule has 3 bridgehead atoms. The molecule has 2 aliphatic carbocycles. The number of allylic oxidation sites excluding steroid dienone is 1. The van der Waals surface area contributed by atoms with Gasteiger partial charge in [-0.25, -0.2) is 4.79 Å². The number of nitrogens with zero attached hydrogens (tertiary/aromatic N) is 1. The van der Waals surface area contributed by atoms with Crippen LogP contribution in [-0.4, -0.2) is 106 Å². The van der Waals surface area contributed by atoms with E-state index in [1.54, 1.807) is 6.08 Å². The first-order valence-corrected chi connectivity index (χ1v) is 11.6. The van der Waals surface area contributed by atoms with Gasteiger partial charge < -0.3 is 39.5 Å². The molecule has 3 fully saturated rings. The molecule has 11 atom stereocenters. The topological polar surface area (TPSA) is 146 Å². The molecule has 10 nitrogen and oxygen atoms in total. The molecule has 11 unspecified atom stereocenters. The van der Waals surface area contributed by atoms with E-state index in [9.17, 15) is 30.0 Å². The van der Waals surface area contributed by atoms with Crippen LogP contribution in [0.2, 0.25) is 0 Å². The van der Waals surface area contributed by atoms with Gasteiger partial charge in [-0.3, -0.25) is 4.79 Å². The standard InChI is InChI=1S/C23H31NO9/c1-24-9-8-23-10-15-13(25)5-3-2-4-12(24)11(23)6-7-14(20(23)31-15)32-22-18(28)16(26)17(27)19(33-22)21(29)30/h3,5-7,11-12,14-20,22,26-28H,2,4,8-10H2,1H3,(H,29,30)/b5-3-. The van der Waals surface area contributed by atoms with Gasteiger partial charge in [0.05, 0.1) is 6.10 Å². The van der Waals surface area contributed by atoms with E-state index in [2.05, 4.69) is 18.0 Å². The van der Waals surface area contributed by atoms with E-state index in [1.165, 1.54) is 0 Å². The number of aliphatic carboxylic acids is 1. The SMILES string of the molecule is CN1CCC23CC4OC2C(OC2OC(C(=O)O)C(O)C(O)C2O)C=CC3C1CC/C=C\C4=O. The number of carbonyl (C=O) groups excluding carboxylic acids is 1. The lowest BCUT2D eigenvalue weighted by molar-refractivity contribution is -0.310. The number of likely N-dealkylation sites (tertiary alicyclic amines) is 1. The van der Waals surface area contributed by atoms with Crippen LogP contribution in [0.15, 0.2) is 24.3 Å². The van der Waals surface area contributed by atoms with Gasteiger partial charge in [0.2, 0.25) is 0 Å². The predicted octanol–water partition coefficient (Wildman–Crippen LogP) is -0.783. The number of carbonyl (C=O) groups is 2. The van der Waals surface area contributed by atoms with Crippen molar-refractivity contribution < 1.29 is 44.2 Å². The van der Waals surface area contributed by atoms with E-state index < -0.39 is 55.0 Å². The van der Waals surface area contributed by atoms with Crippen molar-refractivity contribution in [3.8, 4) is 0 Å². The summed E-state index contributed by atoms with van der Waals surface area (Å²) in [7, 11) is 2.11. The third-order valence-electron chi connectivity index (χ3n) is 8.16. The molecule has 5 aliphatic rings. The zero-order valence-corrected chi connectivity index (χ0v) is 18.4. The molecule has 3 saturated heterocycles. The minimum absolute atomic E-state index is 0.0768. The number of aliphatic hydroxyl groups excluding tert-OH is 3. The molecule has 0 saturated carbocycles. The summed E-state index contributed by atoms with van der Waals surface area (Å²) >= 11 is 0. The van der Waals surface area contributed by atoms with Crippen molar-refractivity contribution in [2.45, 2.75) is 80.7 Å². The van der Waals surface area contributed by atoms with E-state index in [0.717, 1.165) is 25.8 Å². The molecule has 3 aliphatic heterocycles. The molecule has 3 heterocycles. The van der Waals surface area contributed by atoms with Gasteiger partial charge in [-0.05, 0) is 45.4 Å². The summed E-state index contributed by atoms with van der Waals surface area (Å²) in [4.78, 5) is 26.6. The number of ether oxygens (including phenoxy) is 3. The monoisotopic (exact) mass is 465 g/mol. The van der Waals surface area contributed by atoms with Crippen molar-refractivity contribution in [1.29, 1.82) is 0 Å². The fraction of sp³-hybridized carbons (Fsp3) is 0.739. The van der Waals surface area contributed by atoms with Crippen LogP contribution in [-0.2, 0) is 23.8 Å². The molecule has 0 aromatic carbocycles. The van der Waals surface area contributed by atoms with Crippen molar-refractivity contribution in [2.24, 2.45) is 11.3 Å². The average molecular weight is 465 g/mol. The summed E-state index contributed by atoms with van der Waals surface area (Å²) in [6.45, 7) is 0.848. The number of carboxylic acid groups (broad SMARTS) is 1. The van der Waals surface area contributed by atoms with Crippen molar-refractivity contribution in [3.63, 3.8) is 0 Å². The molecular weight excluding hydrogens is 434 g/mol. The number of rotatable bonds is 3. The van der Waals surface area contributed by atoms with E-state index in [4.69, 9.17) is 14.2 Å². The highest BCUT2D eigenvalue weighted by molar-refractivity contribution is 5.93. The molecule has 0 radical (unpaired) electrons. The molecule has 33 heavy (non-hydrogen) atoms. The van der Waals surface area contributed by atoms with Gasteiger partial charge in [-0.1, -0.05) is 18.2 Å². The predicted molar refractivity (Wildman–Crippen MR) is 112 cm³/mol. The lowest BCUT2D eigenvalue weighted by Crippen LogP contribution is -2.63. The van der Waals surface area contributed by atoms with E-state index in [1.807, 2.05) is 12.2 Å². The maximum absolute atomic E-state index is 12.8. The zero-order chi connectivity index (χ0) is 23.5. The highest BCUT2D eigenvalue weighted by Gasteiger charge is 2.62. The Kier molecular flexibility index (Phi) is 5.97. The van der Waals surface area contributed by atoms with Gasteiger partial charge in [0, 0.05) is 17.4 Å². The summed E-state index contributed by atoms with van der Waals surface area (Å²) in [5, 5.41) is 39.9. The Morgan fingerprint density at radius 1 is 1.18 bits per heavy atom. The maximum Gasteiger partial charge on any atom is 0.335 e. The first-order valence-electron chi connectivity index (χ1n) is 11.6. The number of ketones is 1. The zero-order valence-electron chi connectivity index (χ0n) is 18.4. The molecule has 4 N–H and O–H groups in total. The highest BCUT2D eigenvalue weighted by atomic mass is 16.7. The second-order valence-electron chi connectivity index (χ2n) is 9.91. The minimum atomic E-state index is -1.79. The molecule has 0 amide bonds. The minimum Gasteiger partial charge on any atom is -0.479 e. The van der Waals surface area contributed by atoms with E-state index in [-0.39, 0.29) is 23.2 Å². The Bertz CT molecular complexity index is 861. The van der Waals surface area contributed by atoms with Crippen LogP contribution in [0.3, 0.4) is 0 Å². The number of fused-ring (bicyclic) bond motifs is 1. The maximum atomic E-state index is 12.8. The number of carboxylic acids is 1. The molecule has 5 rings (SSSR count). The van der Waals surface area contributed by atoms with Crippen molar-refractivity contribution in [2.75, 3.05) is 13.6 Å². The molecule has 1 spiro atoms. The fourth-order valence-corrected chi connectivity index (χ4v) is 6.40. The van der Waals surface area contributed by atoms with Gasteiger partial charge >= 0.3 is 5.97 Å². The molecule has 182 valence electrons. The largest absolute Gasteiger partial charge is 0.479 e. The van der Waals surface area contributed by atoms with E-state index in [0.29, 0.717) is 6.42 Å². The average Bonchev–Trinajstić information content (AvgIpc) is 3.18. The van der Waals surface area contributed by atoms with Gasteiger partial charge in [-0.2, -0.15) is 0 Å². The molecule has 10 heteroatoms. The summed E-state index contributed by atoms with van der Waals surface area (Å²) < 4.78 is 17.7. The Labute approximate surface area is 191 Å². The summed E-state index contributed by atoms with van der Waals surface area (Å²) in [5.74, 6) is -1.39. The number of hydrogen-bond acceptors (Lipinski definition) is 9. The van der Waals surface area contributed by atoms with Gasteiger partial charge in [-0.15, -0.1) is 0 Å². The van der Waals surface area contributed by atoms with Crippen molar-refractivity contribution in [1.82, 2.24) is 4.90 Å². The highest BCUT2D eigenvalue weighted by Crippen LogP contribution is 2.57. The molecular formula is C23H31NO9. The lowest BCUT2D eigenvalue weighted by Gasteiger charge is -2.54. The van der Waals surface area contributed by atoms with Crippen molar-refractivity contribution in [3.05, 3.63) is 24.3 Å². The third kappa shape index (κ3) is 3.68. The molecule has 0 aromatic heterocycles. The third-order valence-corrected chi connectivity index (χ3v) is 8.16. The number of aliphatic hydroxyl groups is 3. The normalized spacial score (nSPS) is 50.7.